The second kappa shape index (κ2) is 13.0. The Bertz CT molecular complexity index is 1080. The summed E-state index contributed by atoms with van der Waals surface area (Å²) in [5.74, 6) is 0.258. The number of hydrogen-bond acceptors (Lipinski definition) is 4. The van der Waals surface area contributed by atoms with Gasteiger partial charge in [-0.2, -0.15) is 4.31 Å². The van der Waals surface area contributed by atoms with Gasteiger partial charge in [0.2, 0.25) is 21.8 Å². The van der Waals surface area contributed by atoms with Crippen molar-refractivity contribution in [2.45, 2.75) is 63.9 Å². The molecule has 3 rings (SSSR count). The van der Waals surface area contributed by atoms with Gasteiger partial charge in [-0.05, 0) is 42.9 Å². The first-order valence-corrected chi connectivity index (χ1v) is 14.3. The zero-order chi connectivity index (χ0) is 26.1. The van der Waals surface area contributed by atoms with Crippen LogP contribution < -0.4 is 0 Å². The predicted octanol–water partition coefficient (Wildman–Crippen LogP) is 4.15. The number of sulfonamides is 1. The van der Waals surface area contributed by atoms with E-state index < -0.39 is 10.0 Å². The Balaban J connectivity index is 1.79. The molecule has 0 N–H and O–H groups in total. The molecule has 36 heavy (non-hydrogen) atoms. The quantitative estimate of drug-likeness (QED) is 0.452. The van der Waals surface area contributed by atoms with E-state index in [9.17, 15) is 18.0 Å². The summed E-state index contributed by atoms with van der Waals surface area (Å²) in [6, 6.07) is 18.0. The third-order valence-electron chi connectivity index (χ3n) is 6.52. The Labute approximate surface area is 216 Å². The van der Waals surface area contributed by atoms with Gasteiger partial charge in [0, 0.05) is 38.6 Å². The van der Waals surface area contributed by atoms with Crippen LogP contribution in [0.25, 0.3) is 0 Å². The van der Waals surface area contributed by atoms with Crippen LogP contribution in [0, 0.1) is 5.92 Å². The molecule has 1 saturated heterocycles. The van der Waals surface area contributed by atoms with Crippen molar-refractivity contribution in [1.82, 2.24) is 14.1 Å². The molecule has 0 spiro atoms. The highest BCUT2D eigenvalue weighted by Gasteiger charge is 2.33. The summed E-state index contributed by atoms with van der Waals surface area (Å²) in [7, 11) is -3.79. The zero-order valence-electron chi connectivity index (χ0n) is 21.7. The zero-order valence-corrected chi connectivity index (χ0v) is 22.5. The van der Waals surface area contributed by atoms with Gasteiger partial charge in [0.15, 0.2) is 0 Å². The number of hydrogen-bond donors (Lipinski definition) is 0. The van der Waals surface area contributed by atoms with Crippen molar-refractivity contribution in [2.75, 3.05) is 26.2 Å². The van der Waals surface area contributed by atoms with Gasteiger partial charge >= 0.3 is 0 Å². The summed E-state index contributed by atoms with van der Waals surface area (Å²) >= 11 is 0. The van der Waals surface area contributed by atoms with E-state index in [0.29, 0.717) is 51.2 Å². The van der Waals surface area contributed by atoms with Crippen molar-refractivity contribution in [3.8, 4) is 0 Å². The van der Waals surface area contributed by atoms with Gasteiger partial charge in [0.25, 0.3) is 0 Å². The molecule has 0 aliphatic carbocycles. The molecule has 196 valence electrons. The van der Waals surface area contributed by atoms with Gasteiger partial charge < -0.3 is 9.80 Å². The Morgan fingerprint density at radius 2 is 1.56 bits per heavy atom. The summed E-state index contributed by atoms with van der Waals surface area (Å²) in [4.78, 5) is 30.2. The van der Waals surface area contributed by atoms with Crippen molar-refractivity contribution in [2.24, 2.45) is 5.92 Å². The minimum absolute atomic E-state index is 0.0521. The normalized spacial score (nSPS) is 14.9. The molecule has 0 saturated carbocycles. The summed E-state index contributed by atoms with van der Waals surface area (Å²) < 4.78 is 28.0. The van der Waals surface area contributed by atoms with Crippen LogP contribution in [-0.2, 0) is 26.2 Å². The largest absolute Gasteiger partial charge is 0.343 e. The summed E-state index contributed by atoms with van der Waals surface area (Å²) in [5.41, 5.74) is 0.997. The second-order valence-electron chi connectivity index (χ2n) is 9.87. The average molecular weight is 514 g/mol. The maximum Gasteiger partial charge on any atom is 0.243 e. The third-order valence-corrected chi connectivity index (χ3v) is 8.38. The summed E-state index contributed by atoms with van der Waals surface area (Å²) in [6.07, 6.45) is 2.50. The first kappa shape index (κ1) is 27.9. The number of nitrogens with zero attached hydrogens (tertiary/aromatic N) is 3. The van der Waals surface area contributed by atoms with Gasteiger partial charge in [-0.3, -0.25) is 9.59 Å². The van der Waals surface area contributed by atoms with Crippen LogP contribution in [0.2, 0.25) is 0 Å². The lowest BCUT2D eigenvalue weighted by Crippen LogP contribution is -2.51. The van der Waals surface area contributed by atoms with Gasteiger partial charge in [-0.15, -0.1) is 0 Å². The Morgan fingerprint density at radius 1 is 0.972 bits per heavy atom. The molecule has 0 atom stereocenters. The van der Waals surface area contributed by atoms with Crippen LogP contribution in [0.4, 0.5) is 0 Å². The predicted molar refractivity (Wildman–Crippen MR) is 142 cm³/mol. The van der Waals surface area contributed by atoms with Crippen LogP contribution in [0.5, 0.6) is 0 Å². The first-order chi connectivity index (χ1) is 17.2. The van der Waals surface area contributed by atoms with E-state index in [4.69, 9.17) is 0 Å². The van der Waals surface area contributed by atoms with Crippen LogP contribution in [0.3, 0.4) is 0 Å². The minimum atomic E-state index is -3.79. The lowest BCUT2D eigenvalue weighted by atomic mass is 10.0. The molecule has 1 aliphatic heterocycles. The van der Waals surface area contributed by atoms with Gasteiger partial charge in [-0.25, -0.2) is 8.42 Å². The molecule has 2 aromatic rings. The maximum atomic E-state index is 13.7. The van der Waals surface area contributed by atoms with Crippen LogP contribution in [0.15, 0.2) is 65.6 Å². The van der Waals surface area contributed by atoms with E-state index >= 15 is 0 Å². The van der Waals surface area contributed by atoms with E-state index in [1.807, 2.05) is 60.9 Å². The highest BCUT2D eigenvalue weighted by atomic mass is 32.2. The van der Waals surface area contributed by atoms with Crippen LogP contribution in [-0.4, -0.2) is 66.6 Å². The summed E-state index contributed by atoms with van der Waals surface area (Å²) in [6.45, 7) is 7.67. The fraction of sp³-hybridized carbons (Fsp3) is 0.500. The van der Waals surface area contributed by atoms with Gasteiger partial charge in [-0.1, -0.05) is 69.3 Å². The molecule has 0 aromatic heterocycles. The molecule has 7 nitrogen and oxygen atoms in total. The number of likely N-dealkylation sites (tertiary alicyclic amines) is 1. The fourth-order valence-electron chi connectivity index (χ4n) is 4.62. The van der Waals surface area contributed by atoms with Crippen molar-refractivity contribution < 1.29 is 18.0 Å². The molecule has 0 unspecified atom stereocenters. The molecular weight excluding hydrogens is 474 g/mol. The Morgan fingerprint density at radius 3 is 2.11 bits per heavy atom. The Kier molecular flexibility index (Phi) is 10.1. The number of amides is 2. The van der Waals surface area contributed by atoms with Crippen molar-refractivity contribution in [3.05, 3.63) is 66.2 Å². The van der Waals surface area contributed by atoms with Crippen LogP contribution in [0.1, 0.15) is 52.0 Å². The summed E-state index contributed by atoms with van der Waals surface area (Å²) in [5, 5.41) is 0. The third kappa shape index (κ3) is 7.40. The second-order valence-corrected chi connectivity index (χ2v) is 11.8. The molecule has 1 fully saturated rings. The number of benzene rings is 2. The van der Waals surface area contributed by atoms with Crippen molar-refractivity contribution >= 4 is 21.8 Å². The minimum Gasteiger partial charge on any atom is -0.343 e. The van der Waals surface area contributed by atoms with Crippen LogP contribution >= 0.6 is 0 Å². The number of carbonyl (C=O) groups is 2. The molecule has 2 amide bonds. The average Bonchev–Trinajstić information content (AvgIpc) is 2.88. The van der Waals surface area contributed by atoms with E-state index in [-0.39, 0.29) is 35.8 Å². The smallest absolute Gasteiger partial charge is 0.243 e. The molecule has 0 radical (unpaired) electrons. The van der Waals surface area contributed by atoms with Gasteiger partial charge in [0.05, 0.1) is 11.4 Å². The maximum absolute atomic E-state index is 13.7. The lowest BCUT2D eigenvalue weighted by molar-refractivity contribution is -0.137. The van der Waals surface area contributed by atoms with E-state index in [0.717, 1.165) is 5.56 Å². The highest BCUT2D eigenvalue weighted by molar-refractivity contribution is 7.89. The van der Waals surface area contributed by atoms with Crippen molar-refractivity contribution in [3.63, 3.8) is 0 Å². The Hall–Kier alpha value is -2.71. The molecule has 1 aliphatic rings. The molecule has 2 aromatic carbocycles. The fourth-order valence-corrected chi connectivity index (χ4v) is 6.13. The highest BCUT2D eigenvalue weighted by Crippen LogP contribution is 2.22. The monoisotopic (exact) mass is 513 g/mol. The molecule has 1 heterocycles. The first-order valence-electron chi connectivity index (χ1n) is 12.9. The number of piperidine rings is 1. The lowest BCUT2D eigenvalue weighted by Gasteiger charge is -2.39. The van der Waals surface area contributed by atoms with E-state index in [1.165, 1.54) is 4.31 Å². The van der Waals surface area contributed by atoms with Crippen molar-refractivity contribution in [1.29, 1.82) is 0 Å². The van der Waals surface area contributed by atoms with E-state index in [2.05, 4.69) is 0 Å². The van der Waals surface area contributed by atoms with Gasteiger partial charge in [0.1, 0.15) is 0 Å². The molecular formula is C28H39N3O4S. The SMILES string of the molecule is CCCN(CC(=O)N(Cc1ccccc1)C1CCN(C(=O)CC(C)C)CC1)S(=O)(=O)c1ccccc1. The number of rotatable bonds is 11. The van der Waals surface area contributed by atoms with E-state index in [1.54, 1.807) is 30.3 Å². The molecule has 0 bridgehead atoms. The standard InChI is InChI=1S/C28H39N3O4S/c1-4-17-30(36(34,35)26-13-9-6-10-14-26)22-28(33)31(21-24-11-7-5-8-12-24)25-15-18-29(19-16-25)27(32)20-23(2)3/h5-14,23,25H,4,15-22H2,1-3H3. The molecule has 8 heteroatoms. The number of carbonyl (C=O) groups excluding carboxylic acids is 2. The topological polar surface area (TPSA) is 78.0 Å².